The number of nitrogens with zero attached hydrogens (tertiary/aromatic N) is 1. The zero-order chi connectivity index (χ0) is 25.0. The van der Waals surface area contributed by atoms with Crippen LogP contribution in [0.15, 0.2) is 60.7 Å². The lowest BCUT2D eigenvalue weighted by molar-refractivity contribution is -0.00693. The van der Waals surface area contributed by atoms with E-state index in [0.717, 1.165) is 19.4 Å². The van der Waals surface area contributed by atoms with E-state index in [4.69, 9.17) is 9.16 Å². The molecule has 188 valence electrons. The summed E-state index contributed by atoms with van der Waals surface area (Å²) in [6.07, 6.45) is 1.70. The summed E-state index contributed by atoms with van der Waals surface area (Å²) in [5, 5.41) is 6.24. The second kappa shape index (κ2) is 8.75. The summed E-state index contributed by atoms with van der Waals surface area (Å²) in [6.45, 7) is 13.8. The van der Waals surface area contributed by atoms with Crippen LogP contribution in [0.3, 0.4) is 0 Å². The van der Waals surface area contributed by atoms with Gasteiger partial charge in [0.25, 0.3) is 8.32 Å². The first-order chi connectivity index (χ1) is 16.5. The Morgan fingerprint density at radius 3 is 1.94 bits per heavy atom. The summed E-state index contributed by atoms with van der Waals surface area (Å²) in [5.74, 6) is 0.577. The molecule has 2 aromatic carbocycles. The second-order valence-corrected chi connectivity index (χ2v) is 16.8. The third-order valence-corrected chi connectivity index (χ3v) is 13.0. The number of amides is 1. The molecule has 3 aliphatic rings. The Morgan fingerprint density at radius 2 is 1.43 bits per heavy atom. The standard InChI is InChI=1S/C29H40N2O3Si/c1-28(2,3)33-27(32)31-23-17-20-18-24(31)26(25(23)30-19-20)34-35(29(4,5)6,21-13-9-7-10-14-21)22-15-11-8-12-16-22/h7-16,20,23-26,30H,17-19H2,1-6H3/t20-,23-,24+,25+,26+/m0/s1. The van der Waals surface area contributed by atoms with E-state index >= 15 is 0 Å². The molecule has 5 nitrogen and oxygen atoms in total. The normalized spacial score (nSPS) is 28.3. The summed E-state index contributed by atoms with van der Waals surface area (Å²) < 4.78 is 13.5. The van der Waals surface area contributed by atoms with Gasteiger partial charge in [0.15, 0.2) is 0 Å². The largest absolute Gasteiger partial charge is 0.444 e. The third kappa shape index (κ3) is 4.24. The third-order valence-electron chi connectivity index (χ3n) is 7.99. The maximum absolute atomic E-state index is 13.4. The monoisotopic (exact) mass is 492 g/mol. The second-order valence-electron chi connectivity index (χ2n) is 12.5. The van der Waals surface area contributed by atoms with Crippen molar-refractivity contribution in [3.05, 3.63) is 60.7 Å². The van der Waals surface area contributed by atoms with Crippen LogP contribution in [0.1, 0.15) is 54.4 Å². The molecule has 3 saturated heterocycles. The maximum atomic E-state index is 13.4. The summed E-state index contributed by atoms with van der Waals surface area (Å²) in [7, 11) is -2.74. The van der Waals surface area contributed by atoms with Gasteiger partial charge in [-0.25, -0.2) is 4.79 Å². The number of fused-ring (bicyclic) bond motifs is 2. The van der Waals surface area contributed by atoms with E-state index in [2.05, 4.69) is 86.8 Å². The molecule has 5 atom stereocenters. The summed E-state index contributed by atoms with van der Waals surface area (Å²) >= 11 is 0. The number of ether oxygens (including phenoxy) is 1. The van der Waals surface area contributed by atoms with Crippen LogP contribution >= 0.6 is 0 Å². The SMILES string of the molecule is CC(C)(C)OC(=O)N1[C@@H]2C[C@H]3CN[C@@H]([C@@H]2O[Si](c2ccccc2)(c2ccccc2)C(C)(C)C)[C@@H]1C3. The molecular formula is C29H40N2O3Si. The van der Waals surface area contributed by atoms with Gasteiger partial charge in [0.05, 0.1) is 24.2 Å². The number of benzene rings is 2. The molecule has 2 aromatic rings. The molecule has 3 heterocycles. The number of carbonyl (C=O) groups excluding carboxylic acids is 1. The molecule has 0 aliphatic carbocycles. The Morgan fingerprint density at radius 1 is 0.886 bits per heavy atom. The van der Waals surface area contributed by atoms with Gasteiger partial charge in [-0.05, 0) is 61.5 Å². The van der Waals surface area contributed by atoms with Gasteiger partial charge in [0.1, 0.15) is 5.60 Å². The number of piperidine rings is 2. The van der Waals surface area contributed by atoms with Gasteiger partial charge in [-0.2, -0.15) is 0 Å². The Balaban J connectivity index is 1.60. The van der Waals surface area contributed by atoms with Crippen molar-refractivity contribution in [1.82, 2.24) is 10.2 Å². The molecule has 5 rings (SSSR count). The van der Waals surface area contributed by atoms with Crippen molar-refractivity contribution in [2.45, 2.75) is 89.3 Å². The minimum Gasteiger partial charge on any atom is -0.444 e. The van der Waals surface area contributed by atoms with Gasteiger partial charge in [-0.15, -0.1) is 0 Å². The highest BCUT2D eigenvalue weighted by atomic mass is 28.4. The molecule has 0 radical (unpaired) electrons. The van der Waals surface area contributed by atoms with Crippen LogP contribution in [-0.2, 0) is 9.16 Å². The van der Waals surface area contributed by atoms with Crippen LogP contribution in [0.4, 0.5) is 4.79 Å². The Kier molecular flexibility index (Phi) is 6.13. The molecule has 3 bridgehead atoms. The van der Waals surface area contributed by atoms with E-state index in [1.807, 2.05) is 25.7 Å². The minimum absolute atomic E-state index is 0.0234. The highest BCUT2D eigenvalue weighted by Crippen LogP contribution is 2.47. The lowest BCUT2D eigenvalue weighted by Crippen LogP contribution is -2.69. The van der Waals surface area contributed by atoms with Crippen molar-refractivity contribution in [2.24, 2.45) is 5.92 Å². The van der Waals surface area contributed by atoms with E-state index in [1.165, 1.54) is 10.4 Å². The van der Waals surface area contributed by atoms with Gasteiger partial charge in [0.2, 0.25) is 0 Å². The van der Waals surface area contributed by atoms with Crippen molar-refractivity contribution in [3.8, 4) is 0 Å². The summed E-state index contributed by atoms with van der Waals surface area (Å²) in [5.41, 5.74) is -0.519. The average molecular weight is 493 g/mol. The number of nitrogens with one attached hydrogen (secondary N) is 1. The zero-order valence-corrected chi connectivity index (χ0v) is 23.0. The Hall–Kier alpha value is -2.15. The average Bonchev–Trinajstić information content (AvgIpc) is 2.88. The van der Waals surface area contributed by atoms with Crippen LogP contribution in [0.5, 0.6) is 0 Å². The smallest absolute Gasteiger partial charge is 0.410 e. The zero-order valence-electron chi connectivity index (χ0n) is 22.0. The van der Waals surface area contributed by atoms with E-state index in [9.17, 15) is 4.79 Å². The topological polar surface area (TPSA) is 50.8 Å². The van der Waals surface area contributed by atoms with Gasteiger partial charge in [0, 0.05) is 0 Å². The van der Waals surface area contributed by atoms with Crippen molar-refractivity contribution < 1.29 is 14.0 Å². The summed E-state index contributed by atoms with van der Waals surface area (Å²) in [4.78, 5) is 15.5. The summed E-state index contributed by atoms with van der Waals surface area (Å²) in [6, 6.07) is 21.9. The van der Waals surface area contributed by atoms with Crippen LogP contribution in [0.2, 0.25) is 5.04 Å². The van der Waals surface area contributed by atoms with Gasteiger partial charge in [-0.3, -0.25) is 4.90 Å². The quantitative estimate of drug-likeness (QED) is 0.647. The van der Waals surface area contributed by atoms with Gasteiger partial charge >= 0.3 is 6.09 Å². The molecule has 35 heavy (non-hydrogen) atoms. The lowest BCUT2D eigenvalue weighted by Gasteiger charge is -2.46. The van der Waals surface area contributed by atoms with E-state index < -0.39 is 13.9 Å². The van der Waals surface area contributed by atoms with E-state index in [0.29, 0.717) is 5.92 Å². The minimum atomic E-state index is -2.74. The maximum Gasteiger partial charge on any atom is 0.410 e. The molecule has 1 N–H and O–H groups in total. The predicted molar refractivity (Wildman–Crippen MR) is 143 cm³/mol. The van der Waals surface area contributed by atoms with Crippen molar-refractivity contribution in [1.29, 1.82) is 0 Å². The fourth-order valence-electron chi connectivity index (χ4n) is 6.68. The molecule has 1 amide bonds. The number of carbonyl (C=O) groups is 1. The van der Waals surface area contributed by atoms with Crippen LogP contribution in [-0.4, -0.2) is 55.7 Å². The van der Waals surface area contributed by atoms with Crippen LogP contribution < -0.4 is 15.7 Å². The fraction of sp³-hybridized carbons (Fsp3) is 0.552. The first-order valence-electron chi connectivity index (χ1n) is 13.0. The highest BCUT2D eigenvalue weighted by molar-refractivity contribution is 6.99. The lowest BCUT2D eigenvalue weighted by atomic mass is 9.88. The van der Waals surface area contributed by atoms with Gasteiger partial charge in [-0.1, -0.05) is 81.4 Å². The molecular weight excluding hydrogens is 452 g/mol. The number of hydrogen-bond acceptors (Lipinski definition) is 4. The van der Waals surface area contributed by atoms with Crippen molar-refractivity contribution in [3.63, 3.8) is 0 Å². The Labute approximate surface area is 211 Å². The predicted octanol–water partition coefficient (Wildman–Crippen LogP) is 4.30. The molecule has 6 heteroatoms. The van der Waals surface area contributed by atoms with Crippen molar-refractivity contribution in [2.75, 3.05) is 6.54 Å². The van der Waals surface area contributed by atoms with E-state index in [-0.39, 0.29) is 35.4 Å². The molecule has 0 unspecified atom stereocenters. The van der Waals surface area contributed by atoms with Crippen LogP contribution in [0, 0.1) is 5.92 Å². The number of rotatable bonds is 4. The van der Waals surface area contributed by atoms with Gasteiger partial charge < -0.3 is 14.5 Å². The molecule has 3 aliphatic heterocycles. The first-order valence-corrected chi connectivity index (χ1v) is 15.0. The number of hydrogen-bond donors (Lipinski definition) is 1. The highest BCUT2D eigenvalue weighted by Gasteiger charge is 2.62. The van der Waals surface area contributed by atoms with E-state index in [1.54, 1.807) is 0 Å². The molecule has 0 saturated carbocycles. The first kappa shape index (κ1) is 24.5. The van der Waals surface area contributed by atoms with Crippen LogP contribution in [0.25, 0.3) is 0 Å². The molecule has 0 aromatic heterocycles. The Bertz CT molecular complexity index is 1010. The molecule has 0 spiro atoms. The van der Waals surface area contributed by atoms with Crippen molar-refractivity contribution >= 4 is 24.8 Å². The fourth-order valence-corrected chi connectivity index (χ4v) is 11.4. The molecule has 3 fully saturated rings.